The number of hydrogen-bond acceptors (Lipinski definition) is 2. The van der Waals surface area contributed by atoms with E-state index in [-0.39, 0.29) is 0 Å². The van der Waals surface area contributed by atoms with E-state index in [9.17, 15) is 4.57 Å². The fourth-order valence-corrected chi connectivity index (χ4v) is 4.86. The van der Waals surface area contributed by atoms with E-state index in [0.717, 1.165) is 12.8 Å². The monoisotopic (exact) mass is 312 g/mol. The van der Waals surface area contributed by atoms with Gasteiger partial charge < -0.3 is 4.57 Å². The Morgan fingerprint density at radius 2 is 1.50 bits per heavy atom. The van der Waals surface area contributed by atoms with Gasteiger partial charge in [-0.05, 0) is 68.9 Å². The van der Waals surface area contributed by atoms with Crippen LogP contribution < -0.4 is 0 Å². The van der Waals surface area contributed by atoms with E-state index < -0.39 is 7.14 Å². The van der Waals surface area contributed by atoms with Gasteiger partial charge >= 0.3 is 0 Å². The molecule has 0 heterocycles. The number of thioether (sulfide) groups is 1. The first-order valence-corrected chi connectivity index (χ1v) is 11.6. The highest BCUT2D eigenvalue weighted by Gasteiger charge is 2.29. The van der Waals surface area contributed by atoms with Gasteiger partial charge in [-0.2, -0.15) is 0 Å². The Balaban J connectivity index is 0.000000956. The van der Waals surface area contributed by atoms with Gasteiger partial charge in [-0.1, -0.05) is 26.0 Å². The highest BCUT2D eigenvalue weighted by molar-refractivity contribution is 7.98. The molecule has 1 aliphatic rings. The van der Waals surface area contributed by atoms with Crippen molar-refractivity contribution in [3.63, 3.8) is 0 Å². The third kappa shape index (κ3) is 4.97. The van der Waals surface area contributed by atoms with Gasteiger partial charge in [0.05, 0.1) is 7.14 Å². The Morgan fingerprint density at radius 1 is 1.00 bits per heavy atom. The fourth-order valence-electron chi connectivity index (χ4n) is 2.91. The summed E-state index contributed by atoms with van der Waals surface area (Å²) in [5.41, 5.74) is 1.94. The normalized spacial score (nSPS) is 22.9. The van der Waals surface area contributed by atoms with E-state index in [1.807, 2.05) is 27.2 Å². The molecule has 1 nitrogen and oxygen atoms in total. The molecule has 2 rings (SSSR count). The minimum atomic E-state index is -1.88. The van der Waals surface area contributed by atoms with Crippen LogP contribution in [0.15, 0.2) is 29.2 Å². The summed E-state index contributed by atoms with van der Waals surface area (Å²) in [6.45, 7) is 7.90. The molecule has 1 aromatic rings. The van der Waals surface area contributed by atoms with Crippen LogP contribution in [0.5, 0.6) is 0 Å². The van der Waals surface area contributed by atoms with E-state index in [0.29, 0.717) is 11.6 Å². The first-order valence-electron chi connectivity index (χ1n) is 7.69. The highest BCUT2D eigenvalue weighted by atomic mass is 32.2. The zero-order valence-electron chi connectivity index (χ0n) is 13.6. The van der Waals surface area contributed by atoms with E-state index in [2.05, 4.69) is 30.5 Å². The van der Waals surface area contributed by atoms with Gasteiger partial charge in [-0.15, -0.1) is 11.8 Å². The molecule has 0 saturated heterocycles. The van der Waals surface area contributed by atoms with Crippen molar-refractivity contribution in [3.05, 3.63) is 29.8 Å². The van der Waals surface area contributed by atoms with Crippen molar-refractivity contribution in [2.75, 3.05) is 19.6 Å². The van der Waals surface area contributed by atoms with Crippen molar-refractivity contribution >= 4 is 18.9 Å². The molecule has 20 heavy (non-hydrogen) atoms. The van der Waals surface area contributed by atoms with Crippen LogP contribution in [0.2, 0.25) is 0 Å². The molecule has 0 amide bonds. The Hall–Kier alpha value is -0.200. The molecule has 0 spiro atoms. The summed E-state index contributed by atoms with van der Waals surface area (Å²) < 4.78 is 12.1. The molecule has 0 aliphatic heterocycles. The maximum absolute atomic E-state index is 12.1. The predicted molar refractivity (Wildman–Crippen MR) is 94.0 cm³/mol. The van der Waals surface area contributed by atoms with Gasteiger partial charge in [0, 0.05) is 10.6 Å². The molecule has 0 unspecified atom stereocenters. The van der Waals surface area contributed by atoms with Crippen LogP contribution in [0.4, 0.5) is 0 Å². The lowest BCUT2D eigenvalue weighted by Gasteiger charge is -2.31. The molecule has 0 aromatic heterocycles. The van der Waals surface area contributed by atoms with Crippen molar-refractivity contribution in [1.82, 2.24) is 0 Å². The van der Waals surface area contributed by atoms with Crippen LogP contribution in [-0.2, 0) is 4.57 Å². The van der Waals surface area contributed by atoms with E-state index in [4.69, 9.17) is 0 Å². The van der Waals surface area contributed by atoms with E-state index in [1.54, 1.807) is 11.8 Å². The van der Waals surface area contributed by atoms with Crippen LogP contribution >= 0.6 is 18.9 Å². The maximum Gasteiger partial charge on any atom is 0.0848 e. The SMILES string of the molecule is CC.CSc1ccc(C2CCC(P(C)(C)=O)CC2)cc1. The number of rotatable bonds is 3. The average Bonchev–Trinajstić information content (AvgIpc) is 2.49. The molecule has 3 heteroatoms. The third-order valence-electron chi connectivity index (χ3n) is 4.16. The second kappa shape index (κ2) is 8.29. The second-order valence-corrected chi connectivity index (χ2v) is 10.2. The Kier molecular flexibility index (Phi) is 7.40. The first kappa shape index (κ1) is 17.9. The smallest absolute Gasteiger partial charge is 0.0848 e. The van der Waals surface area contributed by atoms with Crippen molar-refractivity contribution in [2.24, 2.45) is 0 Å². The van der Waals surface area contributed by atoms with E-state index >= 15 is 0 Å². The van der Waals surface area contributed by atoms with Crippen molar-refractivity contribution in [1.29, 1.82) is 0 Å². The molecular weight excluding hydrogens is 283 g/mol. The topological polar surface area (TPSA) is 17.1 Å². The minimum Gasteiger partial charge on any atom is -0.324 e. The summed E-state index contributed by atoms with van der Waals surface area (Å²) in [5, 5.41) is 0. The van der Waals surface area contributed by atoms with Crippen molar-refractivity contribution in [2.45, 2.75) is 56.0 Å². The number of hydrogen-bond donors (Lipinski definition) is 0. The van der Waals surface area contributed by atoms with Crippen LogP contribution in [-0.4, -0.2) is 25.2 Å². The van der Waals surface area contributed by atoms with Gasteiger partial charge in [-0.3, -0.25) is 0 Å². The summed E-state index contributed by atoms with van der Waals surface area (Å²) in [5.74, 6) is 0.684. The summed E-state index contributed by atoms with van der Waals surface area (Å²) >= 11 is 1.79. The molecule has 1 fully saturated rings. The summed E-state index contributed by atoms with van der Waals surface area (Å²) in [4.78, 5) is 1.33. The number of benzene rings is 1. The summed E-state index contributed by atoms with van der Waals surface area (Å²) in [7, 11) is -1.88. The molecule has 0 bridgehead atoms. The summed E-state index contributed by atoms with van der Waals surface area (Å²) in [6, 6.07) is 8.98. The van der Waals surface area contributed by atoms with Crippen molar-refractivity contribution < 1.29 is 4.57 Å². The highest BCUT2D eigenvalue weighted by Crippen LogP contribution is 2.51. The van der Waals surface area contributed by atoms with Gasteiger partial charge in [-0.25, -0.2) is 0 Å². The van der Waals surface area contributed by atoms with Gasteiger partial charge in [0.15, 0.2) is 0 Å². The Labute approximate surface area is 129 Å². The summed E-state index contributed by atoms with van der Waals surface area (Å²) in [6.07, 6.45) is 6.79. The molecule has 1 aliphatic carbocycles. The fraction of sp³-hybridized carbons (Fsp3) is 0.647. The average molecular weight is 312 g/mol. The molecule has 0 radical (unpaired) electrons. The lowest BCUT2D eigenvalue weighted by atomic mass is 9.84. The quantitative estimate of drug-likeness (QED) is 0.496. The van der Waals surface area contributed by atoms with Crippen LogP contribution in [0.3, 0.4) is 0 Å². The van der Waals surface area contributed by atoms with Gasteiger partial charge in [0.25, 0.3) is 0 Å². The second-order valence-electron chi connectivity index (χ2n) is 5.71. The molecule has 0 N–H and O–H groups in total. The van der Waals surface area contributed by atoms with Gasteiger partial charge in [0.1, 0.15) is 0 Å². The van der Waals surface area contributed by atoms with Crippen LogP contribution in [0.1, 0.15) is 51.0 Å². The molecule has 114 valence electrons. The van der Waals surface area contributed by atoms with Crippen molar-refractivity contribution in [3.8, 4) is 0 Å². The zero-order valence-corrected chi connectivity index (χ0v) is 15.3. The lowest BCUT2D eigenvalue weighted by Crippen LogP contribution is -2.17. The molecule has 0 atom stereocenters. The van der Waals surface area contributed by atoms with Gasteiger partial charge in [0.2, 0.25) is 0 Å². The lowest BCUT2D eigenvalue weighted by molar-refractivity contribution is 0.437. The molecule has 1 aromatic carbocycles. The Morgan fingerprint density at radius 3 is 1.90 bits per heavy atom. The third-order valence-corrected chi connectivity index (χ3v) is 7.18. The molecular formula is C17H29OPS. The Bertz CT molecular complexity index is 427. The van der Waals surface area contributed by atoms with E-state index in [1.165, 1.54) is 23.3 Å². The van der Waals surface area contributed by atoms with Crippen LogP contribution in [0, 0.1) is 0 Å². The van der Waals surface area contributed by atoms with Crippen LogP contribution in [0.25, 0.3) is 0 Å². The largest absolute Gasteiger partial charge is 0.324 e. The first-order chi connectivity index (χ1) is 9.50. The molecule has 1 saturated carbocycles. The zero-order chi connectivity index (χ0) is 15.2. The minimum absolute atomic E-state index is 0.472. The maximum atomic E-state index is 12.1. The standard InChI is InChI=1S/C15H23OPS.C2H6/c1-17(2,16)14-8-4-12(5-9-14)13-6-10-15(18-3)11-7-13;1-2/h6-7,10-12,14H,4-5,8-9H2,1-3H3;1-2H3. The predicted octanol–water partition coefficient (Wildman–Crippen LogP) is 6.08.